The van der Waals surface area contributed by atoms with Crippen molar-refractivity contribution in [1.82, 2.24) is 15.5 Å². The lowest BCUT2D eigenvalue weighted by Crippen LogP contribution is -2.24. The number of methoxy groups -OCH3 is 1. The largest absolute Gasteiger partial charge is 0.481 e. The number of benzene rings is 1. The molecule has 3 rings (SSSR count). The maximum atomic E-state index is 12.3. The Balaban J connectivity index is 1.73. The summed E-state index contributed by atoms with van der Waals surface area (Å²) in [6, 6.07) is 13.1. The summed E-state index contributed by atoms with van der Waals surface area (Å²) in [4.78, 5) is 16.7. The first-order chi connectivity index (χ1) is 12.1. The third-order valence-electron chi connectivity index (χ3n) is 3.86. The first-order valence-electron chi connectivity index (χ1n) is 7.90. The highest BCUT2D eigenvalue weighted by Gasteiger charge is 2.15. The smallest absolute Gasteiger partial charge is 0.273 e. The summed E-state index contributed by atoms with van der Waals surface area (Å²) >= 11 is 0. The van der Waals surface area contributed by atoms with Crippen LogP contribution in [0.2, 0.25) is 0 Å². The minimum absolute atomic E-state index is 0.232. The molecule has 0 aliphatic heterocycles. The van der Waals surface area contributed by atoms with E-state index in [4.69, 9.17) is 9.26 Å². The second kappa shape index (κ2) is 7.17. The van der Waals surface area contributed by atoms with Gasteiger partial charge in [0, 0.05) is 29.4 Å². The van der Waals surface area contributed by atoms with Gasteiger partial charge in [-0.2, -0.15) is 0 Å². The highest BCUT2D eigenvalue weighted by Crippen LogP contribution is 2.22. The van der Waals surface area contributed by atoms with E-state index in [0.717, 1.165) is 22.4 Å². The maximum absolute atomic E-state index is 12.3. The Kier molecular flexibility index (Phi) is 4.79. The van der Waals surface area contributed by atoms with E-state index in [-0.39, 0.29) is 11.6 Å². The fourth-order valence-corrected chi connectivity index (χ4v) is 2.59. The molecule has 1 amide bonds. The van der Waals surface area contributed by atoms with Crippen molar-refractivity contribution in [2.24, 2.45) is 0 Å². The van der Waals surface area contributed by atoms with Crippen LogP contribution in [0.15, 0.2) is 47.0 Å². The van der Waals surface area contributed by atoms with E-state index >= 15 is 0 Å². The van der Waals surface area contributed by atoms with Crippen molar-refractivity contribution < 1.29 is 14.1 Å². The number of pyridine rings is 1. The van der Waals surface area contributed by atoms with E-state index in [2.05, 4.69) is 15.5 Å². The van der Waals surface area contributed by atoms with Gasteiger partial charge in [0.2, 0.25) is 5.88 Å². The molecule has 2 aromatic heterocycles. The van der Waals surface area contributed by atoms with Crippen LogP contribution in [-0.2, 0) is 6.54 Å². The number of rotatable bonds is 5. The van der Waals surface area contributed by atoms with E-state index in [9.17, 15) is 4.79 Å². The van der Waals surface area contributed by atoms with Crippen molar-refractivity contribution in [3.05, 3.63) is 65.0 Å². The molecule has 0 saturated carbocycles. The number of aryl methyl sites for hydroxylation is 2. The van der Waals surface area contributed by atoms with Gasteiger partial charge in [-0.05, 0) is 25.5 Å². The Morgan fingerprint density at radius 2 is 1.96 bits per heavy atom. The standard InChI is InChI=1S/C19H19N3O3/c1-12-9-13(2)21-19(24-3)15(12)11-20-18(23)16-10-17(25-22-16)14-7-5-4-6-8-14/h4-10H,11H2,1-3H3,(H,20,23). The first-order valence-corrected chi connectivity index (χ1v) is 7.90. The summed E-state index contributed by atoms with van der Waals surface area (Å²) in [6.45, 7) is 4.16. The van der Waals surface area contributed by atoms with Crippen LogP contribution >= 0.6 is 0 Å². The van der Waals surface area contributed by atoms with Gasteiger partial charge >= 0.3 is 0 Å². The summed E-state index contributed by atoms with van der Waals surface area (Å²) in [5.74, 6) is 0.757. The van der Waals surface area contributed by atoms with Gasteiger partial charge in [-0.15, -0.1) is 0 Å². The SMILES string of the molecule is COc1nc(C)cc(C)c1CNC(=O)c1cc(-c2ccccc2)on1. The van der Waals surface area contributed by atoms with Crippen molar-refractivity contribution in [1.29, 1.82) is 0 Å². The van der Waals surface area contributed by atoms with E-state index in [0.29, 0.717) is 18.2 Å². The lowest BCUT2D eigenvalue weighted by Gasteiger charge is -2.12. The molecule has 1 N–H and O–H groups in total. The molecule has 0 bridgehead atoms. The van der Waals surface area contributed by atoms with Crippen molar-refractivity contribution in [3.8, 4) is 17.2 Å². The molecular weight excluding hydrogens is 318 g/mol. The van der Waals surface area contributed by atoms with Gasteiger partial charge in [0.25, 0.3) is 5.91 Å². The molecule has 128 valence electrons. The summed E-state index contributed by atoms with van der Waals surface area (Å²) in [7, 11) is 1.57. The van der Waals surface area contributed by atoms with Crippen LogP contribution in [0.25, 0.3) is 11.3 Å². The number of hydrogen-bond acceptors (Lipinski definition) is 5. The third kappa shape index (κ3) is 3.68. The number of ether oxygens (including phenoxy) is 1. The minimum Gasteiger partial charge on any atom is -0.481 e. The van der Waals surface area contributed by atoms with Gasteiger partial charge in [-0.25, -0.2) is 4.98 Å². The molecule has 6 heteroatoms. The molecule has 1 aromatic carbocycles. The first kappa shape index (κ1) is 16.7. The van der Waals surface area contributed by atoms with Gasteiger partial charge in [0.05, 0.1) is 7.11 Å². The quantitative estimate of drug-likeness (QED) is 0.773. The fourth-order valence-electron chi connectivity index (χ4n) is 2.59. The molecule has 0 aliphatic rings. The number of hydrogen-bond donors (Lipinski definition) is 1. The zero-order chi connectivity index (χ0) is 17.8. The monoisotopic (exact) mass is 337 g/mol. The highest BCUT2D eigenvalue weighted by molar-refractivity contribution is 5.93. The van der Waals surface area contributed by atoms with E-state index in [1.807, 2.05) is 50.2 Å². The number of amides is 1. The van der Waals surface area contributed by atoms with Gasteiger partial charge in [-0.1, -0.05) is 35.5 Å². The van der Waals surface area contributed by atoms with Crippen molar-refractivity contribution in [3.63, 3.8) is 0 Å². The number of carbonyl (C=O) groups excluding carboxylic acids is 1. The zero-order valence-corrected chi connectivity index (χ0v) is 14.4. The van der Waals surface area contributed by atoms with Crippen LogP contribution in [0.5, 0.6) is 5.88 Å². The van der Waals surface area contributed by atoms with Crippen molar-refractivity contribution >= 4 is 5.91 Å². The second-order valence-corrected chi connectivity index (χ2v) is 5.69. The highest BCUT2D eigenvalue weighted by atomic mass is 16.5. The number of nitrogens with zero attached hydrogens (tertiary/aromatic N) is 2. The molecule has 0 radical (unpaired) electrons. The van der Waals surface area contributed by atoms with Gasteiger partial charge in [0.1, 0.15) is 0 Å². The van der Waals surface area contributed by atoms with Crippen LogP contribution in [0, 0.1) is 13.8 Å². The summed E-state index contributed by atoms with van der Waals surface area (Å²) in [6.07, 6.45) is 0. The van der Waals surface area contributed by atoms with E-state index in [1.165, 1.54) is 0 Å². The third-order valence-corrected chi connectivity index (χ3v) is 3.86. The molecule has 2 heterocycles. The number of nitrogens with one attached hydrogen (secondary N) is 1. The number of aromatic nitrogens is 2. The fraction of sp³-hybridized carbons (Fsp3) is 0.211. The van der Waals surface area contributed by atoms with Crippen LogP contribution in [-0.4, -0.2) is 23.2 Å². The molecule has 0 fully saturated rings. The van der Waals surface area contributed by atoms with Gasteiger partial charge in [0.15, 0.2) is 11.5 Å². The molecule has 0 unspecified atom stereocenters. The summed E-state index contributed by atoms with van der Waals surface area (Å²) in [5, 5.41) is 6.68. The molecule has 3 aromatic rings. The van der Waals surface area contributed by atoms with Crippen LogP contribution in [0.1, 0.15) is 27.3 Å². The van der Waals surface area contributed by atoms with Gasteiger partial charge < -0.3 is 14.6 Å². The zero-order valence-electron chi connectivity index (χ0n) is 14.4. The lowest BCUT2D eigenvalue weighted by molar-refractivity contribution is 0.0941. The van der Waals surface area contributed by atoms with Crippen LogP contribution in [0.3, 0.4) is 0 Å². The van der Waals surface area contributed by atoms with E-state index < -0.39 is 0 Å². The molecule has 0 spiro atoms. The minimum atomic E-state index is -0.312. The van der Waals surface area contributed by atoms with Gasteiger partial charge in [-0.3, -0.25) is 4.79 Å². The Labute approximate surface area is 145 Å². The van der Waals surface area contributed by atoms with Crippen LogP contribution < -0.4 is 10.1 Å². The average Bonchev–Trinajstić information content (AvgIpc) is 3.11. The molecule has 6 nitrogen and oxygen atoms in total. The predicted molar refractivity (Wildman–Crippen MR) is 93.4 cm³/mol. The molecular formula is C19H19N3O3. The Morgan fingerprint density at radius 1 is 1.20 bits per heavy atom. The Bertz CT molecular complexity index is 888. The molecule has 0 aliphatic carbocycles. The topological polar surface area (TPSA) is 77.2 Å². The second-order valence-electron chi connectivity index (χ2n) is 5.69. The normalized spacial score (nSPS) is 10.5. The Morgan fingerprint density at radius 3 is 2.68 bits per heavy atom. The predicted octanol–water partition coefficient (Wildman–Crippen LogP) is 3.29. The van der Waals surface area contributed by atoms with Crippen molar-refractivity contribution in [2.75, 3.05) is 7.11 Å². The summed E-state index contributed by atoms with van der Waals surface area (Å²) < 4.78 is 10.6. The molecule has 25 heavy (non-hydrogen) atoms. The number of carbonyl (C=O) groups is 1. The maximum Gasteiger partial charge on any atom is 0.273 e. The van der Waals surface area contributed by atoms with Crippen LogP contribution in [0.4, 0.5) is 0 Å². The van der Waals surface area contributed by atoms with E-state index in [1.54, 1.807) is 13.2 Å². The average molecular weight is 337 g/mol. The lowest BCUT2D eigenvalue weighted by atomic mass is 10.1. The summed E-state index contributed by atoms with van der Waals surface area (Å²) in [5.41, 5.74) is 3.82. The molecule has 0 atom stereocenters. The molecule has 0 saturated heterocycles. The Hall–Kier alpha value is -3.15. The van der Waals surface area contributed by atoms with Crippen molar-refractivity contribution in [2.45, 2.75) is 20.4 Å².